The average molecular weight is 481 g/mol. The molecule has 0 aliphatic carbocycles. The zero-order valence-corrected chi connectivity index (χ0v) is 17.9. The van der Waals surface area contributed by atoms with E-state index in [9.17, 15) is 17.2 Å². The number of H-pyrrole nitrogens is 1. The number of ether oxygens (including phenoxy) is 1. The van der Waals surface area contributed by atoms with Gasteiger partial charge in [0.15, 0.2) is 23.1 Å². The van der Waals surface area contributed by atoms with Gasteiger partial charge in [0.1, 0.15) is 16.1 Å². The summed E-state index contributed by atoms with van der Waals surface area (Å²) >= 11 is 5.78. The third-order valence-corrected chi connectivity index (χ3v) is 6.19. The van der Waals surface area contributed by atoms with E-state index in [4.69, 9.17) is 22.1 Å². The predicted molar refractivity (Wildman–Crippen MR) is 115 cm³/mol. The van der Waals surface area contributed by atoms with Crippen molar-refractivity contribution >= 4 is 44.2 Å². The van der Waals surface area contributed by atoms with Gasteiger partial charge in [0.05, 0.1) is 11.6 Å². The number of halogens is 3. The molecule has 0 amide bonds. The molecule has 4 rings (SSSR count). The topological polar surface area (TPSA) is 136 Å². The number of fused-ring (bicyclic) bond motifs is 1. The highest BCUT2D eigenvalue weighted by atomic mass is 35.5. The number of nitrogens with zero attached hydrogens (tertiary/aromatic N) is 3. The molecule has 4 aromatic rings. The smallest absolute Gasteiger partial charge is 0.263 e. The summed E-state index contributed by atoms with van der Waals surface area (Å²) in [5.74, 6) is -1.76. The minimum atomic E-state index is -4.27. The van der Waals surface area contributed by atoms with Gasteiger partial charge in [0.2, 0.25) is 5.88 Å². The van der Waals surface area contributed by atoms with Gasteiger partial charge in [-0.15, -0.1) is 0 Å². The van der Waals surface area contributed by atoms with Crippen molar-refractivity contribution in [1.29, 1.82) is 0 Å². The first-order valence-corrected chi connectivity index (χ1v) is 11.0. The first-order valence-electron chi connectivity index (χ1n) is 9.11. The van der Waals surface area contributed by atoms with Crippen molar-refractivity contribution in [3.05, 3.63) is 53.1 Å². The Morgan fingerprint density at radius 3 is 2.53 bits per heavy atom. The Kier molecular flexibility index (Phi) is 5.57. The first kappa shape index (κ1) is 21.7. The molecule has 2 aromatic heterocycles. The van der Waals surface area contributed by atoms with Crippen LogP contribution >= 0.6 is 11.6 Å². The number of nitrogens with one attached hydrogen (secondary N) is 2. The largest absolute Gasteiger partial charge is 0.477 e. The van der Waals surface area contributed by atoms with E-state index in [1.54, 1.807) is 19.1 Å². The monoisotopic (exact) mass is 480 g/mol. The number of benzene rings is 2. The zero-order chi connectivity index (χ0) is 23.0. The Labute approximate surface area is 185 Å². The van der Waals surface area contributed by atoms with Crippen LogP contribution in [-0.4, -0.2) is 35.2 Å². The van der Waals surface area contributed by atoms with Crippen LogP contribution in [0.15, 0.2) is 41.3 Å². The van der Waals surface area contributed by atoms with E-state index < -0.39 is 31.6 Å². The van der Waals surface area contributed by atoms with Gasteiger partial charge < -0.3 is 10.5 Å². The molecule has 0 atom stereocenters. The first-order chi connectivity index (χ1) is 15.2. The molecule has 2 heterocycles. The van der Waals surface area contributed by atoms with Crippen LogP contribution in [0.4, 0.5) is 20.3 Å². The van der Waals surface area contributed by atoms with E-state index in [1.165, 1.54) is 12.1 Å². The molecular formula is C19H15ClF2N6O3S. The van der Waals surface area contributed by atoms with E-state index in [-0.39, 0.29) is 23.2 Å². The fourth-order valence-corrected chi connectivity index (χ4v) is 4.48. The van der Waals surface area contributed by atoms with Crippen molar-refractivity contribution in [1.82, 2.24) is 20.2 Å². The highest BCUT2D eigenvalue weighted by molar-refractivity contribution is 7.92. The summed E-state index contributed by atoms with van der Waals surface area (Å²) in [4.78, 5) is 8.12. The normalized spacial score (nSPS) is 11.6. The van der Waals surface area contributed by atoms with E-state index in [1.807, 2.05) is 0 Å². The minimum Gasteiger partial charge on any atom is -0.477 e. The van der Waals surface area contributed by atoms with Crippen LogP contribution in [0, 0.1) is 11.6 Å². The number of aromatic amines is 1. The number of nitrogens with two attached hydrogens (primary N) is 1. The molecule has 4 N–H and O–H groups in total. The molecule has 0 radical (unpaired) electrons. The molecule has 2 aromatic carbocycles. The fourth-order valence-electron chi connectivity index (χ4n) is 2.89. The number of anilines is 2. The second kappa shape index (κ2) is 8.20. The van der Waals surface area contributed by atoms with Crippen molar-refractivity contribution in [3.8, 4) is 17.3 Å². The molecule has 166 valence electrons. The maximum atomic E-state index is 13.5. The molecule has 9 nitrogen and oxygen atoms in total. The Hall–Kier alpha value is -3.51. The van der Waals surface area contributed by atoms with Gasteiger partial charge in [-0.25, -0.2) is 22.2 Å². The molecule has 13 heteroatoms. The molecule has 0 fully saturated rings. The second-order valence-electron chi connectivity index (χ2n) is 6.50. The summed E-state index contributed by atoms with van der Waals surface area (Å²) in [7, 11) is -4.27. The second-order valence-corrected chi connectivity index (χ2v) is 8.56. The maximum Gasteiger partial charge on any atom is 0.263 e. The van der Waals surface area contributed by atoms with Crippen LogP contribution in [0.1, 0.15) is 6.92 Å². The molecule has 0 saturated heterocycles. The number of sulfonamides is 1. The van der Waals surface area contributed by atoms with Crippen LogP contribution < -0.4 is 15.2 Å². The standard InChI is InChI=1S/C19H15ClF2N6O3S/c1-2-31-19-15-16(23)26-27-18(15)24-17(25-19)9-3-5-10(6-4-9)28-32(29,30)14-8-13(22)12(21)7-11(14)20/h3-8,28H,2H2,1H3,(H3,23,24,25,26,27). The molecule has 0 bridgehead atoms. The van der Waals surface area contributed by atoms with Gasteiger partial charge >= 0.3 is 0 Å². The molecule has 0 saturated carbocycles. The third-order valence-electron chi connectivity index (χ3n) is 4.35. The lowest BCUT2D eigenvalue weighted by atomic mass is 10.2. The quantitative estimate of drug-likeness (QED) is 0.358. The highest BCUT2D eigenvalue weighted by Gasteiger charge is 2.21. The van der Waals surface area contributed by atoms with Gasteiger partial charge in [-0.1, -0.05) is 11.6 Å². The van der Waals surface area contributed by atoms with Crippen LogP contribution in [0.25, 0.3) is 22.4 Å². The van der Waals surface area contributed by atoms with Crippen LogP contribution in [0.3, 0.4) is 0 Å². The average Bonchev–Trinajstić information content (AvgIpc) is 3.12. The van der Waals surface area contributed by atoms with E-state index in [0.29, 0.717) is 35.3 Å². The lowest BCUT2D eigenvalue weighted by Crippen LogP contribution is -2.14. The number of hydrogen-bond donors (Lipinski definition) is 3. The number of nitrogen functional groups attached to an aromatic ring is 1. The summed E-state index contributed by atoms with van der Waals surface area (Å²) in [6.07, 6.45) is 0. The van der Waals surface area contributed by atoms with Crippen molar-refractivity contribution in [2.24, 2.45) is 0 Å². The summed E-state index contributed by atoms with van der Waals surface area (Å²) in [5.41, 5.74) is 6.87. The predicted octanol–water partition coefficient (Wildman–Crippen LogP) is 3.73. The number of aromatic nitrogens is 4. The molecule has 0 aliphatic heterocycles. The maximum absolute atomic E-state index is 13.5. The highest BCUT2D eigenvalue weighted by Crippen LogP contribution is 2.30. The summed E-state index contributed by atoms with van der Waals surface area (Å²) in [5, 5.41) is 6.66. The van der Waals surface area contributed by atoms with Gasteiger partial charge in [0.25, 0.3) is 10.0 Å². The van der Waals surface area contributed by atoms with Crippen molar-refractivity contribution in [3.63, 3.8) is 0 Å². The fraction of sp³-hybridized carbons (Fsp3) is 0.105. The minimum absolute atomic E-state index is 0.157. The Morgan fingerprint density at radius 2 is 1.84 bits per heavy atom. The molecule has 0 unspecified atom stereocenters. The summed E-state index contributed by atoms with van der Waals surface area (Å²) in [6, 6.07) is 7.15. The van der Waals surface area contributed by atoms with Crippen LogP contribution in [-0.2, 0) is 10.0 Å². The third kappa shape index (κ3) is 4.01. The van der Waals surface area contributed by atoms with E-state index in [2.05, 4.69) is 24.9 Å². The number of hydrogen-bond acceptors (Lipinski definition) is 7. The molecule has 0 aliphatic rings. The Morgan fingerprint density at radius 1 is 1.16 bits per heavy atom. The van der Waals surface area contributed by atoms with Crippen LogP contribution in [0.2, 0.25) is 5.02 Å². The van der Waals surface area contributed by atoms with E-state index >= 15 is 0 Å². The van der Waals surface area contributed by atoms with Crippen molar-refractivity contribution in [2.75, 3.05) is 17.1 Å². The van der Waals surface area contributed by atoms with Gasteiger partial charge in [-0.05, 0) is 43.3 Å². The SMILES string of the molecule is CCOc1nc(-c2ccc(NS(=O)(=O)c3cc(F)c(F)cc3Cl)cc2)nc2n[nH]c(N)c12. The summed E-state index contributed by atoms with van der Waals surface area (Å²) < 4.78 is 59.7. The Bertz CT molecular complexity index is 1430. The van der Waals surface area contributed by atoms with Gasteiger partial charge in [-0.2, -0.15) is 10.1 Å². The van der Waals surface area contributed by atoms with Crippen LogP contribution in [0.5, 0.6) is 5.88 Å². The van der Waals surface area contributed by atoms with Gasteiger partial charge in [-0.3, -0.25) is 9.82 Å². The molecule has 0 spiro atoms. The molecular weight excluding hydrogens is 466 g/mol. The number of rotatable bonds is 6. The summed E-state index contributed by atoms with van der Waals surface area (Å²) in [6.45, 7) is 2.15. The van der Waals surface area contributed by atoms with Crippen molar-refractivity contribution < 1.29 is 21.9 Å². The Balaban J connectivity index is 1.65. The lowest BCUT2D eigenvalue weighted by molar-refractivity contribution is 0.331. The van der Waals surface area contributed by atoms with E-state index in [0.717, 1.165) is 0 Å². The zero-order valence-electron chi connectivity index (χ0n) is 16.4. The van der Waals surface area contributed by atoms with Gasteiger partial charge in [0, 0.05) is 11.3 Å². The lowest BCUT2D eigenvalue weighted by Gasteiger charge is -2.11. The molecule has 32 heavy (non-hydrogen) atoms. The van der Waals surface area contributed by atoms with Crippen molar-refractivity contribution in [2.45, 2.75) is 11.8 Å².